The fourth-order valence-corrected chi connectivity index (χ4v) is 1.45. The van der Waals surface area contributed by atoms with E-state index in [2.05, 4.69) is 17.6 Å². The monoisotopic (exact) mass is 207 g/mol. The SMILES string of the molecule is CSCCCCNC/C=C/CCl. The Kier molecular flexibility index (Phi) is 11.7. The molecule has 3 heteroatoms. The van der Waals surface area contributed by atoms with Gasteiger partial charge < -0.3 is 5.32 Å². The predicted octanol–water partition coefficient (Wildman–Crippen LogP) is 2.51. The molecule has 0 aromatic carbocycles. The van der Waals surface area contributed by atoms with Gasteiger partial charge >= 0.3 is 0 Å². The van der Waals surface area contributed by atoms with Crippen molar-refractivity contribution in [1.29, 1.82) is 0 Å². The molecule has 0 unspecified atom stereocenters. The average Bonchev–Trinajstić information content (AvgIpc) is 2.10. The second-order valence-electron chi connectivity index (χ2n) is 2.53. The maximum atomic E-state index is 5.47. The van der Waals surface area contributed by atoms with Crippen molar-refractivity contribution < 1.29 is 0 Å². The molecule has 0 bridgehead atoms. The lowest BCUT2D eigenvalue weighted by molar-refractivity contribution is 0.684. The molecule has 12 heavy (non-hydrogen) atoms. The number of alkyl halides is 1. The summed E-state index contributed by atoms with van der Waals surface area (Å²) in [6, 6.07) is 0. The normalized spacial score (nSPS) is 11.2. The van der Waals surface area contributed by atoms with Gasteiger partial charge in [0.25, 0.3) is 0 Å². The zero-order valence-electron chi connectivity index (χ0n) is 7.68. The second-order valence-corrected chi connectivity index (χ2v) is 3.82. The highest BCUT2D eigenvalue weighted by molar-refractivity contribution is 7.98. The van der Waals surface area contributed by atoms with Crippen LogP contribution in [0.3, 0.4) is 0 Å². The molecular formula is C9H18ClNS. The first-order chi connectivity index (χ1) is 5.91. The molecule has 0 atom stereocenters. The molecule has 0 fully saturated rings. The highest BCUT2D eigenvalue weighted by Crippen LogP contribution is 1.97. The van der Waals surface area contributed by atoms with E-state index >= 15 is 0 Å². The van der Waals surface area contributed by atoms with Gasteiger partial charge in [0.05, 0.1) is 0 Å². The second kappa shape index (κ2) is 11.3. The van der Waals surface area contributed by atoms with Gasteiger partial charge in [-0.1, -0.05) is 12.2 Å². The summed E-state index contributed by atoms with van der Waals surface area (Å²) in [7, 11) is 0. The number of halogens is 1. The van der Waals surface area contributed by atoms with Crippen molar-refractivity contribution in [2.45, 2.75) is 12.8 Å². The predicted molar refractivity (Wildman–Crippen MR) is 60.3 cm³/mol. The van der Waals surface area contributed by atoms with Crippen LogP contribution in [0, 0.1) is 0 Å². The lowest BCUT2D eigenvalue weighted by Gasteiger charge is -1.99. The Morgan fingerprint density at radius 2 is 2.17 bits per heavy atom. The molecular weight excluding hydrogens is 190 g/mol. The summed E-state index contributed by atoms with van der Waals surface area (Å²) in [4.78, 5) is 0. The quantitative estimate of drug-likeness (QED) is 0.373. The van der Waals surface area contributed by atoms with Crippen LogP contribution in [0.5, 0.6) is 0 Å². The molecule has 0 aliphatic carbocycles. The van der Waals surface area contributed by atoms with Gasteiger partial charge in [-0.05, 0) is 31.4 Å². The van der Waals surface area contributed by atoms with Gasteiger partial charge in [0.15, 0.2) is 0 Å². The van der Waals surface area contributed by atoms with Gasteiger partial charge in [0.1, 0.15) is 0 Å². The number of unbranched alkanes of at least 4 members (excludes halogenated alkanes) is 1. The van der Waals surface area contributed by atoms with Gasteiger partial charge in [-0.25, -0.2) is 0 Å². The summed E-state index contributed by atoms with van der Waals surface area (Å²) in [5, 5.41) is 3.32. The smallest absolute Gasteiger partial charge is 0.0404 e. The lowest BCUT2D eigenvalue weighted by Crippen LogP contribution is -2.15. The Labute approximate surface area is 84.9 Å². The fraction of sp³-hybridized carbons (Fsp3) is 0.778. The highest BCUT2D eigenvalue weighted by Gasteiger charge is 1.85. The van der Waals surface area contributed by atoms with E-state index in [-0.39, 0.29) is 0 Å². The lowest BCUT2D eigenvalue weighted by atomic mass is 10.3. The van der Waals surface area contributed by atoms with Gasteiger partial charge in [-0.2, -0.15) is 11.8 Å². The summed E-state index contributed by atoms with van der Waals surface area (Å²) in [6.45, 7) is 2.07. The first-order valence-corrected chi connectivity index (χ1v) is 6.25. The topological polar surface area (TPSA) is 12.0 Å². The zero-order valence-corrected chi connectivity index (χ0v) is 9.26. The molecule has 0 radical (unpaired) electrons. The standard InChI is InChI=1S/C9H18ClNS/c1-12-9-5-4-8-11-7-3-2-6-10/h2-3,11H,4-9H2,1H3/b3-2+. The fourth-order valence-electron chi connectivity index (χ4n) is 0.828. The molecule has 0 saturated carbocycles. The maximum absolute atomic E-state index is 5.47. The van der Waals surface area contributed by atoms with E-state index in [1.807, 2.05) is 17.8 Å². The third-order valence-corrected chi connectivity index (χ3v) is 2.35. The van der Waals surface area contributed by atoms with Crippen LogP contribution >= 0.6 is 23.4 Å². The molecule has 0 amide bonds. The molecule has 0 aromatic rings. The Morgan fingerprint density at radius 1 is 1.33 bits per heavy atom. The molecule has 72 valence electrons. The average molecular weight is 208 g/mol. The van der Waals surface area contributed by atoms with Crippen molar-refractivity contribution in [1.82, 2.24) is 5.32 Å². The largest absolute Gasteiger partial charge is 0.313 e. The first kappa shape index (κ1) is 12.3. The van der Waals surface area contributed by atoms with Crippen LogP contribution in [0.2, 0.25) is 0 Å². The van der Waals surface area contributed by atoms with Gasteiger partial charge in [-0.3, -0.25) is 0 Å². The molecule has 0 aromatic heterocycles. The Bertz CT molecular complexity index is 107. The van der Waals surface area contributed by atoms with Crippen molar-refractivity contribution in [2.24, 2.45) is 0 Å². The Balaban J connectivity index is 2.86. The van der Waals surface area contributed by atoms with E-state index in [1.165, 1.54) is 18.6 Å². The molecule has 0 aliphatic rings. The number of hydrogen-bond acceptors (Lipinski definition) is 2. The summed E-state index contributed by atoms with van der Waals surface area (Å²) in [5.74, 6) is 1.90. The number of nitrogens with one attached hydrogen (secondary N) is 1. The minimum atomic E-state index is 0.619. The zero-order chi connectivity index (χ0) is 9.07. The first-order valence-electron chi connectivity index (χ1n) is 4.32. The number of allylic oxidation sites excluding steroid dienone is 1. The van der Waals surface area contributed by atoms with Gasteiger partial charge in [-0.15, -0.1) is 11.6 Å². The minimum Gasteiger partial charge on any atom is -0.313 e. The van der Waals surface area contributed by atoms with E-state index < -0.39 is 0 Å². The summed E-state index contributed by atoms with van der Waals surface area (Å²) in [5.41, 5.74) is 0. The van der Waals surface area contributed by atoms with Crippen LogP contribution in [0.15, 0.2) is 12.2 Å². The van der Waals surface area contributed by atoms with Crippen molar-refractivity contribution in [3.05, 3.63) is 12.2 Å². The van der Waals surface area contributed by atoms with Crippen molar-refractivity contribution in [3.8, 4) is 0 Å². The summed E-state index contributed by atoms with van der Waals surface area (Å²) in [6.07, 6.45) is 8.78. The molecule has 0 aliphatic heterocycles. The third-order valence-electron chi connectivity index (χ3n) is 1.47. The van der Waals surface area contributed by atoms with Crippen LogP contribution < -0.4 is 5.32 Å². The molecule has 1 N–H and O–H groups in total. The van der Waals surface area contributed by atoms with Crippen LogP contribution in [-0.2, 0) is 0 Å². The maximum Gasteiger partial charge on any atom is 0.0404 e. The van der Waals surface area contributed by atoms with Gasteiger partial charge in [0.2, 0.25) is 0 Å². The summed E-state index contributed by atoms with van der Waals surface area (Å²) >= 11 is 7.38. The van der Waals surface area contributed by atoms with Crippen LogP contribution in [0.4, 0.5) is 0 Å². The van der Waals surface area contributed by atoms with E-state index in [0.29, 0.717) is 5.88 Å². The molecule has 0 rings (SSSR count). The van der Waals surface area contributed by atoms with E-state index in [1.54, 1.807) is 0 Å². The third kappa shape index (κ3) is 10.3. The number of hydrogen-bond donors (Lipinski definition) is 1. The Hall–Kier alpha value is 0.340. The van der Waals surface area contributed by atoms with Crippen LogP contribution in [0.25, 0.3) is 0 Å². The number of rotatable bonds is 8. The van der Waals surface area contributed by atoms with Crippen LogP contribution in [-0.4, -0.2) is 31.0 Å². The van der Waals surface area contributed by atoms with Crippen LogP contribution in [0.1, 0.15) is 12.8 Å². The molecule has 0 saturated heterocycles. The van der Waals surface area contributed by atoms with Crippen molar-refractivity contribution in [2.75, 3.05) is 31.0 Å². The van der Waals surface area contributed by atoms with E-state index in [0.717, 1.165) is 13.1 Å². The van der Waals surface area contributed by atoms with Crippen molar-refractivity contribution in [3.63, 3.8) is 0 Å². The van der Waals surface area contributed by atoms with E-state index in [9.17, 15) is 0 Å². The minimum absolute atomic E-state index is 0.619. The van der Waals surface area contributed by atoms with Crippen molar-refractivity contribution >= 4 is 23.4 Å². The molecule has 1 nitrogen and oxygen atoms in total. The summed E-state index contributed by atoms with van der Waals surface area (Å²) < 4.78 is 0. The molecule has 0 heterocycles. The van der Waals surface area contributed by atoms with E-state index in [4.69, 9.17) is 11.6 Å². The number of thioether (sulfide) groups is 1. The Morgan fingerprint density at radius 3 is 2.83 bits per heavy atom. The molecule has 0 spiro atoms. The van der Waals surface area contributed by atoms with Gasteiger partial charge in [0, 0.05) is 12.4 Å². The highest BCUT2D eigenvalue weighted by atomic mass is 35.5.